The lowest BCUT2D eigenvalue weighted by Crippen LogP contribution is -2.53. The van der Waals surface area contributed by atoms with Crippen molar-refractivity contribution in [1.82, 2.24) is 15.1 Å². The molecule has 3 aliphatic rings. The monoisotopic (exact) mass is 506 g/mol. The summed E-state index contributed by atoms with van der Waals surface area (Å²) in [6, 6.07) is 3.96. The Morgan fingerprint density at radius 3 is 2.49 bits per heavy atom. The Balaban J connectivity index is 1.30. The Morgan fingerprint density at radius 2 is 1.83 bits per heavy atom. The third-order valence-corrected chi connectivity index (χ3v) is 7.51. The van der Waals surface area contributed by atoms with Crippen molar-refractivity contribution >= 4 is 23.4 Å². The number of hydrogen-bond donors (Lipinski definition) is 2. The van der Waals surface area contributed by atoms with Crippen molar-refractivity contribution in [1.29, 1.82) is 0 Å². The fourth-order valence-electron chi connectivity index (χ4n) is 5.58. The van der Waals surface area contributed by atoms with Crippen LogP contribution < -0.4 is 11.1 Å². The highest BCUT2D eigenvalue weighted by Gasteiger charge is 2.33. The Bertz CT molecular complexity index is 949. The maximum atomic E-state index is 13.7. The van der Waals surface area contributed by atoms with Crippen LogP contribution in [0, 0.1) is 5.82 Å². The number of carbonyl (C=O) groups excluding carboxylic acids is 2. The number of nitrogens with zero attached hydrogens (tertiary/aromatic N) is 2. The Hall–Kier alpha value is -2.16. The molecular formula is C26H36ClFN4O3. The first kappa shape index (κ1) is 25.9. The molecule has 7 nitrogen and oxygen atoms in total. The van der Waals surface area contributed by atoms with Crippen molar-refractivity contribution in [2.45, 2.75) is 70.1 Å². The standard InChI is InChI=1S/C26H36ClFN4O3/c1-16-14-32(15-17(2)35-16)26(34)25(29)22-4-3-5-23(22)30-13-24(33)31-8-6-18(7-9-31)19-10-20(27)12-21(28)11-19/h10-12,16-18,25,30H,3-9,13-15,29H2,1-2H3/t16-,17+,25?. The van der Waals surface area contributed by atoms with Gasteiger partial charge in [-0.05, 0) is 81.2 Å². The van der Waals surface area contributed by atoms with E-state index in [2.05, 4.69) is 5.32 Å². The SMILES string of the molecule is C[C@@H]1CN(C(=O)C(N)C2=C(NCC(=O)N3CCC(c4cc(F)cc(Cl)c4)CC3)CCC2)C[C@H](C)O1. The maximum Gasteiger partial charge on any atom is 0.243 e. The number of carbonyl (C=O) groups is 2. The number of nitrogens with one attached hydrogen (secondary N) is 1. The predicted molar refractivity (Wildman–Crippen MR) is 133 cm³/mol. The third-order valence-electron chi connectivity index (χ3n) is 7.29. The molecule has 3 atom stereocenters. The number of amides is 2. The molecule has 0 radical (unpaired) electrons. The number of nitrogens with two attached hydrogens (primary N) is 1. The van der Waals surface area contributed by atoms with Crippen molar-refractivity contribution in [2.75, 3.05) is 32.7 Å². The summed E-state index contributed by atoms with van der Waals surface area (Å²) < 4.78 is 19.4. The molecule has 1 aliphatic carbocycles. The fourth-order valence-corrected chi connectivity index (χ4v) is 5.81. The molecule has 192 valence electrons. The smallest absolute Gasteiger partial charge is 0.243 e. The first-order chi connectivity index (χ1) is 16.7. The molecular weight excluding hydrogens is 471 g/mol. The van der Waals surface area contributed by atoms with Crippen LogP contribution in [0.5, 0.6) is 0 Å². The molecule has 0 saturated carbocycles. The van der Waals surface area contributed by atoms with Crippen molar-refractivity contribution in [3.8, 4) is 0 Å². The van der Waals surface area contributed by atoms with Crippen molar-refractivity contribution in [3.05, 3.63) is 45.9 Å². The zero-order valence-electron chi connectivity index (χ0n) is 20.6. The number of hydrogen-bond acceptors (Lipinski definition) is 5. The minimum absolute atomic E-state index is 0.00952. The molecule has 1 unspecified atom stereocenters. The van der Waals surface area contributed by atoms with Gasteiger partial charge in [-0.25, -0.2) is 4.39 Å². The quantitative estimate of drug-likeness (QED) is 0.618. The van der Waals surface area contributed by atoms with Crippen LogP contribution in [0.1, 0.15) is 57.4 Å². The minimum atomic E-state index is -0.693. The van der Waals surface area contributed by atoms with Crippen LogP contribution in [0.4, 0.5) is 4.39 Å². The highest BCUT2D eigenvalue weighted by molar-refractivity contribution is 6.30. The van der Waals surface area contributed by atoms with Crippen LogP contribution in [0.15, 0.2) is 29.5 Å². The minimum Gasteiger partial charge on any atom is -0.379 e. The summed E-state index contributed by atoms with van der Waals surface area (Å²) in [5, 5.41) is 3.69. The molecule has 35 heavy (non-hydrogen) atoms. The molecule has 0 bridgehead atoms. The molecule has 3 N–H and O–H groups in total. The molecule has 0 aromatic heterocycles. The Kier molecular flexibility index (Phi) is 8.34. The topological polar surface area (TPSA) is 87.9 Å². The first-order valence-corrected chi connectivity index (χ1v) is 13.0. The van der Waals surface area contributed by atoms with E-state index in [1.165, 1.54) is 12.1 Å². The second-order valence-electron chi connectivity index (χ2n) is 10.0. The van der Waals surface area contributed by atoms with E-state index in [-0.39, 0.29) is 42.3 Å². The number of morpholine rings is 1. The van der Waals surface area contributed by atoms with E-state index in [0.717, 1.165) is 48.9 Å². The van der Waals surface area contributed by atoms with Gasteiger partial charge >= 0.3 is 0 Å². The van der Waals surface area contributed by atoms with E-state index < -0.39 is 6.04 Å². The molecule has 0 spiro atoms. The van der Waals surface area contributed by atoms with Crippen LogP contribution in [0.2, 0.25) is 5.02 Å². The zero-order chi connectivity index (χ0) is 25.1. The molecule has 2 amide bonds. The van der Waals surface area contributed by atoms with Gasteiger partial charge in [0, 0.05) is 36.9 Å². The molecule has 1 aromatic carbocycles. The normalized spacial score (nSPS) is 24.6. The summed E-state index contributed by atoms with van der Waals surface area (Å²) in [5.41, 5.74) is 9.15. The van der Waals surface area contributed by atoms with Crippen LogP contribution in [-0.2, 0) is 14.3 Å². The highest BCUT2D eigenvalue weighted by Crippen LogP contribution is 2.31. The van der Waals surface area contributed by atoms with Gasteiger partial charge in [-0.3, -0.25) is 9.59 Å². The fraction of sp³-hybridized carbons (Fsp3) is 0.615. The van der Waals surface area contributed by atoms with Gasteiger partial charge in [-0.2, -0.15) is 0 Å². The van der Waals surface area contributed by atoms with Gasteiger partial charge < -0.3 is 25.6 Å². The van der Waals surface area contributed by atoms with Gasteiger partial charge in [-0.15, -0.1) is 0 Å². The average Bonchev–Trinajstić information content (AvgIpc) is 3.29. The van der Waals surface area contributed by atoms with Crippen LogP contribution >= 0.6 is 11.6 Å². The maximum absolute atomic E-state index is 13.7. The molecule has 2 aliphatic heterocycles. The van der Waals surface area contributed by atoms with E-state index in [1.807, 2.05) is 24.8 Å². The van der Waals surface area contributed by atoms with Crippen LogP contribution in [-0.4, -0.2) is 72.6 Å². The molecule has 2 saturated heterocycles. The second kappa shape index (κ2) is 11.3. The molecule has 2 heterocycles. The van der Waals surface area contributed by atoms with E-state index in [1.54, 1.807) is 4.90 Å². The van der Waals surface area contributed by atoms with Gasteiger partial charge in [0.1, 0.15) is 11.9 Å². The summed E-state index contributed by atoms with van der Waals surface area (Å²) in [6.45, 7) is 6.44. The summed E-state index contributed by atoms with van der Waals surface area (Å²) >= 11 is 6.01. The van der Waals surface area contributed by atoms with Crippen molar-refractivity contribution in [2.24, 2.45) is 5.73 Å². The van der Waals surface area contributed by atoms with Crippen LogP contribution in [0.3, 0.4) is 0 Å². The molecule has 2 fully saturated rings. The van der Waals surface area contributed by atoms with Crippen LogP contribution in [0.25, 0.3) is 0 Å². The van der Waals surface area contributed by atoms with Gasteiger partial charge in [0.25, 0.3) is 0 Å². The number of halogens is 2. The van der Waals surface area contributed by atoms with E-state index in [9.17, 15) is 14.0 Å². The molecule has 1 aromatic rings. The van der Waals surface area contributed by atoms with E-state index in [4.69, 9.17) is 22.1 Å². The number of piperidine rings is 1. The number of likely N-dealkylation sites (tertiary alicyclic amines) is 1. The first-order valence-electron chi connectivity index (χ1n) is 12.6. The largest absolute Gasteiger partial charge is 0.379 e. The van der Waals surface area contributed by atoms with E-state index >= 15 is 0 Å². The Morgan fingerprint density at radius 1 is 1.14 bits per heavy atom. The lowest BCUT2D eigenvalue weighted by atomic mass is 9.89. The Labute approximate surface area is 211 Å². The van der Waals surface area contributed by atoms with Gasteiger partial charge in [0.05, 0.1) is 18.8 Å². The number of allylic oxidation sites excluding steroid dienone is 1. The van der Waals surface area contributed by atoms with Crippen molar-refractivity contribution < 1.29 is 18.7 Å². The lowest BCUT2D eigenvalue weighted by molar-refractivity contribution is -0.143. The predicted octanol–water partition coefficient (Wildman–Crippen LogP) is 3.18. The van der Waals surface area contributed by atoms with Gasteiger partial charge in [0.15, 0.2) is 0 Å². The zero-order valence-corrected chi connectivity index (χ0v) is 21.3. The summed E-state index contributed by atoms with van der Waals surface area (Å²) in [5.74, 6) is -0.187. The summed E-state index contributed by atoms with van der Waals surface area (Å²) in [7, 11) is 0. The highest BCUT2D eigenvalue weighted by atomic mass is 35.5. The lowest BCUT2D eigenvalue weighted by Gasteiger charge is -2.37. The van der Waals surface area contributed by atoms with Crippen molar-refractivity contribution in [3.63, 3.8) is 0 Å². The number of ether oxygens (including phenoxy) is 1. The summed E-state index contributed by atoms with van der Waals surface area (Å²) in [6.07, 6.45) is 4.01. The third kappa shape index (κ3) is 6.35. The molecule has 9 heteroatoms. The second-order valence-corrected chi connectivity index (χ2v) is 10.5. The van der Waals surface area contributed by atoms with Gasteiger partial charge in [0.2, 0.25) is 11.8 Å². The number of benzene rings is 1. The summed E-state index contributed by atoms with van der Waals surface area (Å²) in [4.78, 5) is 29.6. The number of rotatable bonds is 6. The van der Waals surface area contributed by atoms with E-state index in [0.29, 0.717) is 31.2 Å². The van der Waals surface area contributed by atoms with Gasteiger partial charge in [-0.1, -0.05) is 11.6 Å². The molecule has 4 rings (SSSR count). The average molecular weight is 507 g/mol.